The molecule has 0 unspecified atom stereocenters. The second-order valence-electron chi connectivity index (χ2n) is 5.19. The lowest BCUT2D eigenvalue weighted by atomic mass is 10.3. The number of nitrogens with one attached hydrogen (secondary N) is 1. The first-order valence-electron chi connectivity index (χ1n) is 6.28. The van der Waals surface area contributed by atoms with Crippen molar-refractivity contribution in [2.24, 2.45) is 0 Å². The molecular formula is C13H22N2O2S2. The fraction of sp³-hybridized carbons (Fsp3) is 0.692. The van der Waals surface area contributed by atoms with Crippen LogP contribution in [0, 0.1) is 0 Å². The zero-order valence-corrected chi connectivity index (χ0v) is 13.6. The average Bonchev–Trinajstić information content (AvgIpc) is 2.71. The number of nitrogens with zero attached hydrogens (tertiary/aromatic N) is 1. The van der Waals surface area contributed by atoms with Crippen molar-refractivity contribution in [3.63, 3.8) is 0 Å². The summed E-state index contributed by atoms with van der Waals surface area (Å²) in [5, 5.41) is 5.37. The van der Waals surface area contributed by atoms with Gasteiger partial charge in [-0.05, 0) is 12.2 Å². The molecule has 1 heterocycles. The standard InChI is InChI=1S/C13H22N2O2S2/c1-13(2,3)19-7-5-6-11(16)15-12-14-10(8-17-4)9-18-12/h9H,5-8H2,1-4H3,(H,14,15,16). The van der Waals surface area contributed by atoms with Gasteiger partial charge in [0, 0.05) is 23.7 Å². The maximum atomic E-state index is 11.7. The number of aromatic nitrogens is 1. The molecule has 0 aliphatic rings. The predicted molar refractivity (Wildman–Crippen MR) is 82.9 cm³/mol. The van der Waals surface area contributed by atoms with Crippen molar-refractivity contribution in [3.8, 4) is 0 Å². The SMILES string of the molecule is COCc1csc(NC(=O)CCCSC(C)(C)C)n1. The lowest BCUT2D eigenvalue weighted by molar-refractivity contribution is -0.116. The molecule has 108 valence electrons. The van der Waals surface area contributed by atoms with Crippen molar-refractivity contribution in [1.29, 1.82) is 0 Å². The van der Waals surface area contributed by atoms with E-state index in [0.717, 1.165) is 17.9 Å². The van der Waals surface area contributed by atoms with E-state index in [1.807, 2.05) is 17.1 Å². The summed E-state index contributed by atoms with van der Waals surface area (Å²) < 4.78 is 5.25. The van der Waals surface area contributed by atoms with Gasteiger partial charge in [0.2, 0.25) is 5.91 Å². The van der Waals surface area contributed by atoms with Crippen LogP contribution in [-0.2, 0) is 16.1 Å². The second kappa shape index (κ2) is 7.87. The molecule has 1 aromatic heterocycles. The Hall–Kier alpha value is -0.590. The van der Waals surface area contributed by atoms with Gasteiger partial charge in [-0.2, -0.15) is 11.8 Å². The van der Waals surface area contributed by atoms with Gasteiger partial charge in [0.25, 0.3) is 0 Å². The summed E-state index contributed by atoms with van der Waals surface area (Å²) in [6.45, 7) is 7.04. The number of ether oxygens (including phenoxy) is 1. The number of hydrogen-bond acceptors (Lipinski definition) is 5. The van der Waals surface area contributed by atoms with Crippen LogP contribution in [0.2, 0.25) is 0 Å². The molecule has 0 aliphatic carbocycles. The third-order valence-corrected chi connectivity index (χ3v) is 4.34. The third kappa shape index (κ3) is 7.54. The van der Waals surface area contributed by atoms with Crippen molar-refractivity contribution >= 4 is 34.1 Å². The van der Waals surface area contributed by atoms with Crippen molar-refractivity contribution < 1.29 is 9.53 Å². The number of hydrogen-bond donors (Lipinski definition) is 1. The quantitative estimate of drug-likeness (QED) is 0.783. The lowest BCUT2D eigenvalue weighted by Crippen LogP contribution is -2.13. The molecule has 19 heavy (non-hydrogen) atoms. The summed E-state index contributed by atoms with van der Waals surface area (Å²) in [4.78, 5) is 16.0. The normalized spacial score (nSPS) is 11.6. The topological polar surface area (TPSA) is 51.2 Å². The highest BCUT2D eigenvalue weighted by Crippen LogP contribution is 2.24. The van der Waals surface area contributed by atoms with Gasteiger partial charge < -0.3 is 10.1 Å². The van der Waals surface area contributed by atoms with E-state index in [9.17, 15) is 4.79 Å². The summed E-state index contributed by atoms with van der Waals surface area (Å²) in [5.74, 6) is 1.04. The number of carbonyl (C=O) groups is 1. The van der Waals surface area contributed by atoms with E-state index in [-0.39, 0.29) is 10.7 Å². The Morgan fingerprint density at radius 3 is 2.89 bits per heavy atom. The van der Waals surface area contributed by atoms with Crippen LogP contribution in [0.1, 0.15) is 39.3 Å². The van der Waals surface area contributed by atoms with Crippen molar-refractivity contribution in [3.05, 3.63) is 11.1 Å². The van der Waals surface area contributed by atoms with Gasteiger partial charge in [0.05, 0.1) is 12.3 Å². The predicted octanol–water partition coefficient (Wildman–Crippen LogP) is 3.54. The van der Waals surface area contributed by atoms with Gasteiger partial charge in [0.15, 0.2) is 5.13 Å². The Bertz CT molecular complexity index is 400. The van der Waals surface area contributed by atoms with Gasteiger partial charge in [0.1, 0.15) is 0 Å². The summed E-state index contributed by atoms with van der Waals surface area (Å²) >= 11 is 3.32. The van der Waals surface area contributed by atoms with Crippen LogP contribution in [0.25, 0.3) is 0 Å². The highest BCUT2D eigenvalue weighted by atomic mass is 32.2. The molecule has 4 nitrogen and oxygen atoms in total. The Labute approximate surface area is 123 Å². The van der Waals surface area contributed by atoms with E-state index < -0.39 is 0 Å². The van der Waals surface area contributed by atoms with Crippen molar-refractivity contribution in [2.45, 2.75) is 45.0 Å². The number of methoxy groups -OCH3 is 1. The maximum absolute atomic E-state index is 11.7. The fourth-order valence-electron chi connectivity index (χ4n) is 1.37. The second-order valence-corrected chi connectivity index (χ2v) is 7.97. The average molecular weight is 302 g/mol. The Morgan fingerprint density at radius 2 is 2.26 bits per heavy atom. The van der Waals surface area contributed by atoms with Gasteiger partial charge in [-0.15, -0.1) is 11.3 Å². The Morgan fingerprint density at radius 1 is 1.53 bits per heavy atom. The summed E-state index contributed by atoms with van der Waals surface area (Å²) in [6, 6.07) is 0. The molecule has 0 aliphatic heterocycles. The van der Waals surface area contributed by atoms with Crippen LogP contribution in [0.4, 0.5) is 5.13 Å². The van der Waals surface area contributed by atoms with E-state index in [0.29, 0.717) is 18.2 Å². The number of amides is 1. The zero-order chi connectivity index (χ0) is 14.3. The van der Waals surface area contributed by atoms with Crippen LogP contribution in [-0.4, -0.2) is 28.5 Å². The van der Waals surface area contributed by atoms with E-state index >= 15 is 0 Å². The smallest absolute Gasteiger partial charge is 0.226 e. The molecule has 1 aromatic rings. The molecule has 0 saturated carbocycles. The molecule has 0 saturated heterocycles. The molecular weight excluding hydrogens is 280 g/mol. The molecule has 1 N–H and O–H groups in total. The highest BCUT2D eigenvalue weighted by Gasteiger charge is 2.11. The number of rotatable bonds is 7. The Kier molecular flexibility index (Phi) is 6.82. The monoisotopic (exact) mass is 302 g/mol. The van der Waals surface area contributed by atoms with Crippen molar-refractivity contribution in [1.82, 2.24) is 4.98 Å². The summed E-state index contributed by atoms with van der Waals surface area (Å²) in [6.07, 6.45) is 1.44. The number of anilines is 1. The Balaban J connectivity index is 2.23. The van der Waals surface area contributed by atoms with E-state index in [4.69, 9.17) is 4.74 Å². The molecule has 0 spiro atoms. The minimum absolute atomic E-state index is 0.0350. The van der Waals surface area contributed by atoms with Crippen LogP contribution in [0.5, 0.6) is 0 Å². The first-order chi connectivity index (χ1) is 8.90. The van der Waals surface area contributed by atoms with Crippen LogP contribution in [0.3, 0.4) is 0 Å². The van der Waals surface area contributed by atoms with E-state index in [2.05, 4.69) is 31.1 Å². The first-order valence-corrected chi connectivity index (χ1v) is 8.14. The number of thiazole rings is 1. The molecule has 1 rings (SSSR count). The minimum Gasteiger partial charge on any atom is -0.378 e. The molecule has 6 heteroatoms. The van der Waals surface area contributed by atoms with Gasteiger partial charge in [-0.3, -0.25) is 4.79 Å². The summed E-state index contributed by atoms with van der Waals surface area (Å²) in [7, 11) is 1.63. The molecule has 0 aromatic carbocycles. The fourth-order valence-corrected chi connectivity index (χ4v) is 2.98. The molecule has 0 bridgehead atoms. The summed E-state index contributed by atoms with van der Waals surface area (Å²) in [5.41, 5.74) is 0.853. The highest BCUT2D eigenvalue weighted by molar-refractivity contribution is 8.00. The molecule has 0 atom stereocenters. The minimum atomic E-state index is 0.0350. The largest absolute Gasteiger partial charge is 0.378 e. The molecule has 0 fully saturated rings. The van der Waals surface area contributed by atoms with E-state index in [1.54, 1.807) is 7.11 Å². The lowest BCUT2D eigenvalue weighted by Gasteiger charge is -2.16. The number of thioether (sulfide) groups is 1. The maximum Gasteiger partial charge on any atom is 0.226 e. The molecule has 0 radical (unpaired) electrons. The number of carbonyl (C=O) groups excluding carboxylic acids is 1. The van der Waals surface area contributed by atoms with Gasteiger partial charge in [-0.25, -0.2) is 4.98 Å². The van der Waals surface area contributed by atoms with E-state index in [1.165, 1.54) is 11.3 Å². The zero-order valence-electron chi connectivity index (χ0n) is 12.0. The van der Waals surface area contributed by atoms with Crippen LogP contribution < -0.4 is 5.32 Å². The molecule has 1 amide bonds. The third-order valence-electron chi connectivity index (χ3n) is 2.17. The van der Waals surface area contributed by atoms with Gasteiger partial charge >= 0.3 is 0 Å². The van der Waals surface area contributed by atoms with Gasteiger partial charge in [-0.1, -0.05) is 20.8 Å². The van der Waals surface area contributed by atoms with Crippen LogP contribution >= 0.6 is 23.1 Å². The van der Waals surface area contributed by atoms with Crippen LogP contribution in [0.15, 0.2) is 5.38 Å². The van der Waals surface area contributed by atoms with Crippen molar-refractivity contribution in [2.75, 3.05) is 18.2 Å². The first kappa shape index (κ1) is 16.5.